The lowest BCUT2D eigenvalue weighted by Crippen LogP contribution is -2.66. The van der Waals surface area contributed by atoms with Crippen LogP contribution in [0, 0.1) is 5.92 Å². The molecule has 5 rings (SSSR count). The Labute approximate surface area is 324 Å². The highest BCUT2D eigenvalue weighted by atomic mass is 16.7. The molecule has 4 fully saturated rings. The molecule has 24 nitrogen and oxygen atoms in total. The molecule has 0 radical (unpaired) electrons. The number of carbonyl (C=O) groups is 2. The monoisotopic (exact) mass is 827 g/mol. The van der Waals surface area contributed by atoms with E-state index in [0.29, 0.717) is 13.0 Å². The Kier molecular flexibility index (Phi) is 15.7. The molecule has 4 aliphatic heterocycles. The fourth-order valence-corrected chi connectivity index (χ4v) is 7.00. The highest BCUT2D eigenvalue weighted by Crippen LogP contribution is 2.34. The minimum atomic E-state index is -2.05. The lowest BCUT2D eigenvalue weighted by atomic mass is 9.89. The third-order valence-corrected chi connectivity index (χ3v) is 10.3. The molecule has 1 amide bonds. The molecular weight excluding hydrogens is 774 g/mol. The number of carbonyl (C=O) groups excluding carboxylic acids is 1. The van der Waals surface area contributed by atoms with Gasteiger partial charge in [0, 0.05) is 25.5 Å². The van der Waals surface area contributed by atoms with E-state index in [2.05, 4.69) is 10.3 Å². The van der Waals surface area contributed by atoms with E-state index in [0.717, 1.165) is 0 Å². The summed E-state index contributed by atoms with van der Waals surface area (Å²) in [5.74, 6) is -3.03. The van der Waals surface area contributed by atoms with E-state index >= 15 is 0 Å². The molecule has 5 heterocycles. The minimum absolute atomic E-state index is 0.125. The molecule has 0 aliphatic carbocycles. The summed E-state index contributed by atoms with van der Waals surface area (Å²) in [4.78, 5) is 28.5. The summed E-state index contributed by atoms with van der Waals surface area (Å²) in [6, 6.07) is 0. The van der Waals surface area contributed by atoms with E-state index in [-0.39, 0.29) is 6.54 Å². The number of nitrogens with zero attached hydrogens (tertiary/aromatic N) is 2. The zero-order valence-electron chi connectivity index (χ0n) is 30.8. The van der Waals surface area contributed by atoms with Gasteiger partial charge in [0.2, 0.25) is 0 Å². The summed E-state index contributed by atoms with van der Waals surface area (Å²) in [6.07, 6.45) is -31.0. The van der Waals surface area contributed by atoms with Gasteiger partial charge in [0.25, 0.3) is 5.91 Å². The van der Waals surface area contributed by atoms with Crippen molar-refractivity contribution in [2.24, 2.45) is 5.92 Å². The average Bonchev–Trinajstić information content (AvgIpc) is 3.70. The molecule has 13 N–H and O–H groups in total. The van der Waals surface area contributed by atoms with Gasteiger partial charge in [-0.2, -0.15) is 0 Å². The van der Waals surface area contributed by atoms with Gasteiger partial charge in [-0.05, 0) is 12.3 Å². The average molecular weight is 828 g/mol. The number of rotatable bonds is 15. The molecule has 0 bridgehead atoms. The van der Waals surface area contributed by atoms with Crippen molar-refractivity contribution in [2.75, 3.05) is 19.8 Å². The second-order valence-corrected chi connectivity index (χ2v) is 14.7. The van der Waals surface area contributed by atoms with Gasteiger partial charge in [0.15, 0.2) is 31.1 Å². The fourth-order valence-electron chi connectivity index (χ4n) is 7.00. The van der Waals surface area contributed by atoms with Gasteiger partial charge in [0.1, 0.15) is 85.5 Å². The summed E-state index contributed by atoms with van der Waals surface area (Å²) < 4.78 is 40.9. The number of aliphatic carboxylic acids is 1. The maximum absolute atomic E-state index is 12.9. The first-order valence-electron chi connectivity index (χ1n) is 18.4. The number of carboxylic acid groups (broad SMARTS) is 1. The molecule has 57 heavy (non-hydrogen) atoms. The maximum atomic E-state index is 12.9. The first-order chi connectivity index (χ1) is 27.0. The van der Waals surface area contributed by atoms with Crippen molar-refractivity contribution in [3.63, 3.8) is 0 Å². The van der Waals surface area contributed by atoms with Crippen molar-refractivity contribution in [3.8, 4) is 0 Å². The lowest BCUT2D eigenvalue weighted by Gasteiger charge is -2.48. The third kappa shape index (κ3) is 10.1. The summed E-state index contributed by atoms with van der Waals surface area (Å²) in [5, 5.41) is 129. The van der Waals surface area contributed by atoms with Gasteiger partial charge < -0.3 is 104 Å². The predicted molar refractivity (Wildman–Crippen MR) is 180 cm³/mol. The predicted octanol–water partition coefficient (Wildman–Crippen LogP) is -7.54. The number of carboxylic acids is 1. The number of hydrogen-bond donors (Lipinski definition) is 13. The van der Waals surface area contributed by atoms with E-state index in [1.54, 1.807) is 37.1 Å². The van der Waals surface area contributed by atoms with Crippen LogP contribution in [0.25, 0.3) is 0 Å². The van der Waals surface area contributed by atoms with Crippen LogP contribution in [0.5, 0.6) is 0 Å². The SMILES string of the molecule is CC(C)C1OC(COC2OC(CO)C(O)C(OC3OC(C(=O)NCCCn4ccnc4)C(O)C(O)C3O)C2O)C(O)C(OC2OC(C(=O)O)C(O)C(O)C2O)C1O. The first-order valence-corrected chi connectivity index (χ1v) is 18.4. The normalized spacial score (nSPS) is 44.2. The second kappa shape index (κ2) is 19.7. The maximum Gasteiger partial charge on any atom is 0.335 e. The number of imidazole rings is 1. The number of aromatic nitrogens is 2. The van der Waals surface area contributed by atoms with Crippen LogP contribution in [0.1, 0.15) is 20.3 Å². The van der Waals surface area contributed by atoms with Gasteiger partial charge in [-0.15, -0.1) is 0 Å². The number of ether oxygens (including phenoxy) is 7. The van der Waals surface area contributed by atoms with Gasteiger partial charge >= 0.3 is 5.97 Å². The molecule has 0 saturated carbocycles. The van der Waals surface area contributed by atoms with E-state index in [9.17, 15) is 70.9 Å². The number of aliphatic hydroxyl groups excluding tert-OH is 11. The number of amides is 1. The Balaban J connectivity index is 1.25. The lowest BCUT2D eigenvalue weighted by molar-refractivity contribution is -0.362. The van der Waals surface area contributed by atoms with Crippen LogP contribution in [0.4, 0.5) is 0 Å². The summed E-state index contributed by atoms with van der Waals surface area (Å²) >= 11 is 0. The van der Waals surface area contributed by atoms with Crippen LogP contribution >= 0.6 is 0 Å². The van der Waals surface area contributed by atoms with Gasteiger partial charge in [-0.1, -0.05) is 13.8 Å². The summed E-state index contributed by atoms with van der Waals surface area (Å²) in [7, 11) is 0. The molecular formula is C33H53N3O21. The van der Waals surface area contributed by atoms with Crippen LogP contribution in [0.15, 0.2) is 18.7 Å². The highest BCUT2D eigenvalue weighted by molar-refractivity contribution is 5.81. The Morgan fingerprint density at radius 3 is 1.86 bits per heavy atom. The second-order valence-electron chi connectivity index (χ2n) is 14.7. The van der Waals surface area contributed by atoms with Crippen molar-refractivity contribution < 1.29 is 104 Å². The van der Waals surface area contributed by atoms with Gasteiger partial charge in [0.05, 0.1) is 25.6 Å². The van der Waals surface area contributed by atoms with E-state index in [1.165, 1.54) is 0 Å². The topological polar surface area (TPSA) is 371 Å². The molecule has 0 aromatic carbocycles. The largest absolute Gasteiger partial charge is 0.479 e. The molecule has 326 valence electrons. The molecule has 24 heteroatoms. The van der Waals surface area contributed by atoms with Crippen molar-refractivity contribution >= 4 is 11.9 Å². The Morgan fingerprint density at radius 2 is 1.30 bits per heavy atom. The quantitative estimate of drug-likeness (QED) is 0.0730. The Morgan fingerprint density at radius 1 is 0.719 bits per heavy atom. The van der Waals surface area contributed by atoms with Crippen molar-refractivity contribution in [2.45, 2.75) is 149 Å². The van der Waals surface area contributed by atoms with E-state index in [1.807, 2.05) is 0 Å². The molecule has 4 saturated heterocycles. The van der Waals surface area contributed by atoms with Gasteiger partial charge in [-0.25, -0.2) is 9.78 Å². The summed E-state index contributed by atoms with van der Waals surface area (Å²) in [6.45, 7) is 2.39. The number of aryl methyl sites for hydroxylation is 1. The number of hydrogen-bond acceptors (Lipinski definition) is 21. The van der Waals surface area contributed by atoms with Crippen LogP contribution < -0.4 is 5.32 Å². The zero-order chi connectivity index (χ0) is 41.9. The Bertz CT molecular complexity index is 1430. The molecule has 20 atom stereocenters. The van der Waals surface area contributed by atoms with Crippen LogP contribution in [0.2, 0.25) is 0 Å². The molecule has 0 spiro atoms. The van der Waals surface area contributed by atoms with Crippen LogP contribution in [0.3, 0.4) is 0 Å². The number of nitrogens with one attached hydrogen (secondary N) is 1. The van der Waals surface area contributed by atoms with E-state index in [4.69, 9.17) is 33.2 Å². The molecule has 4 aliphatic rings. The smallest absolute Gasteiger partial charge is 0.335 e. The van der Waals surface area contributed by atoms with Crippen molar-refractivity contribution in [3.05, 3.63) is 18.7 Å². The van der Waals surface area contributed by atoms with Crippen molar-refractivity contribution in [1.82, 2.24) is 14.9 Å². The molecule has 1 aromatic rings. The van der Waals surface area contributed by atoms with Gasteiger partial charge in [-0.3, -0.25) is 4.79 Å². The fraction of sp³-hybridized carbons (Fsp3) is 0.848. The Hall–Kier alpha value is -2.57. The summed E-state index contributed by atoms with van der Waals surface area (Å²) in [5.41, 5.74) is 0. The standard InChI is InChI=1S/C33H53N3O21/c1-11(2)24-22(46)25(54-33-21(45)17(41)19(43)28(57-33)30(49)50)15(39)13(52-24)9-51-31-23(47)26(14(38)12(8-37)53-31)55-32-20(44)16(40)18(42)27(56-32)29(48)35-4-3-6-36-7-5-34-10-36/h5,7,10-28,31-33,37-47H,3-4,6,8-9H2,1-2H3,(H,35,48)(H,49,50). The van der Waals surface area contributed by atoms with Crippen LogP contribution in [-0.4, -0.2) is 225 Å². The minimum Gasteiger partial charge on any atom is -0.479 e. The molecule has 1 aromatic heterocycles. The third-order valence-electron chi connectivity index (χ3n) is 10.3. The zero-order valence-corrected chi connectivity index (χ0v) is 30.8. The van der Waals surface area contributed by atoms with Crippen LogP contribution in [-0.2, 0) is 49.3 Å². The highest BCUT2D eigenvalue weighted by Gasteiger charge is 2.55. The molecule has 20 unspecified atom stereocenters. The van der Waals surface area contributed by atoms with E-state index < -0.39 is 154 Å². The number of aliphatic hydroxyl groups is 11. The first kappa shape index (κ1) is 45.5. The van der Waals surface area contributed by atoms with Crippen molar-refractivity contribution in [1.29, 1.82) is 0 Å².